The number of hydrogen-bond donors (Lipinski definition) is 1. The number of nitrogens with one attached hydrogen (secondary N) is 1. The molecule has 216 valence electrons. The zero-order valence-corrected chi connectivity index (χ0v) is 24.8. The van der Waals surface area contributed by atoms with Crippen molar-refractivity contribution in [2.45, 2.75) is 6.17 Å². The first-order valence-electron chi connectivity index (χ1n) is 15.6. The number of benzene rings is 6. The van der Waals surface area contributed by atoms with Gasteiger partial charge in [-0.25, -0.2) is 9.98 Å². The largest absolute Gasteiger partial charge is 0.344 e. The highest BCUT2D eigenvalue weighted by Gasteiger charge is 2.23. The molecule has 1 aliphatic heterocycles. The Kier molecular flexibility index (Phi) is 5.28. The van der Waals surface area contributed by atoms with Gasteiger partial charge in [-0.1, -0.05) is 109 Å². The molecule has 0 radical (unpaired) electrons. The smallest absolute Gasteiger partial charge is 0.159 e. The van der Waals surface area contributed by atoms with Crippen LogP contribution in [0.5, 0.6) is 0 Å². The Morgan fingerprint density at radius 2 is 1.26 bits per heavy atom. The molecule has 0 spiro atoms. The van der Waals surface area contributed by atoms with Crippen molar-refractivity contribution in [2.75, 3.05) is 0 Å². The van der Waals surface area contributed by atoms with Crippen LogP contribution in [0.25, 0.3) is 54.7 Å². The third-order valence-electron chi connectivity index (χ3n) is 9.32. The van der Waals surface area contributed by atoms with E-state index in [-0.39, 0.29) is 6.17 Å². The van der Waals surface area contributed by atoms with Crippen LogP contribution in [0.4, 0.5) is 0 Å². The highest BCUT2D eigenvalue weighted by molar-refractivity contribution is 6.29. The van der Waals surface area contributed by atoms with Gasteiger partial charge in [0, 0.05) is 49.9 Å². The van der Waals surface area contributed by atoms with Crippen LogP contribution in [-0.2, 0) is 0 Å². The Bertz CT molecular complexity index is 2660. The maximum atomic E-state index is 5.14. The molecule has 0 bridgehead atoms. The summed E-state index contributed by atoms with van der Waals surface area (Å²) in [6.45, 7) is 0. The van der Waals surface area contributed by atoms with Crippen molar-refractivity contribution in [1.29, 1.82) is 0 Å². The van der Waals surface area contributed by atoms with Gasteiger partial charge in [-0.05, 0) is 42.0 Å². The molecule has 0 amide bonds. The van der Waals surface area contributed by atoms with Crippen molar-refractivity contribution in [1.82, 2.24) is 14.3 Å². The summed E-state index contributed by atoms with van der Waals surface area (Å²) in [5, 5.41) is 9.92. The first-order valence-corrected chi connectivity index (χ1v) is 15.6. The number of aliphatic imine (C=N–C) groups is 2. The van der Waals surface area contributed by atoms with Crippen LogP contribution in [0.15, 0.2) is 162 Å². The molecule has 0 saturated carbocycles. The van der Waals surface area contributed by atoms with Gasteiger partial charge in [0.25, 0.3) is 0 Å². The molecule has 1 unspecified atom stereocenters. The maximum absolute atomic E-state index is 5.14. The van der Waals surface area contributed by atoms with Gasteiger partial charge in [0.1, 0.15) is 12.0 Å². The molecule has 5 nitrogen and oxygen atoms in total. The summed E-state index contributed by atoms with van der Waals surface area (Å²) >= 11 is 0. The quantitative estimate of drug-likeness (QED) is 0.219. The minimum absolute atomic E-state index is 0.248. The molecule has 1 atom stereocenters. The normalized spacial score (nSPS) is 15.2. The number of para-hydroxylation sites is 2. The van der Waals surface area contributed by atoms with Gasteiger partial charge >= 0.3 is 0 Å². The minimum atomic E-state index is -0.248. The highest BCUT2D eigenvalue weighted by atomic mass is 15.2. The van der Waals surface area contributed by atoms with E-state index in [4.69, 9.17) is 9.98 Å². The molecular weight excluding hydrogens is 562 g/mol. The summed E-state index contributed by atoms with van der Waals surface area (Å²) in [4.78, 5) is 10.2. The number of aromatic nitrogens is 2. The Balaban J connectivity index is 1.21. The fraction of sp³-hybridized carbons (Fsp3) is 0.0244. The third-order valence-corrected chi connectivity index (χ3v) is 9.32. The zero-order valence-electron chi connectivity index (χ0n) is 24.8. The van der Waals surface area contributed by atoms with E-state index in [9.17, 15) is 0 Å². The molecule has 0 fully saturated rings. The molecule has 10 rings (SSSR count). The number of fused-ring (bicyclic) bond motifs is 7. The summed E-state index contributed by atoms with van der Waals surface area (Å²) in [7, 11) is 0. The average molecular weight is 590 g/mol. The van der Waals surface area contributed by atoms with Gasteiger partial charge in [-0.3, -0.25) is 0 Å². The summed E-state index contributed by atoms with van der Waals surface area (Å²) in [6.07, 6.45) is 1.97. The fourth-order valence-corrected chi connectivity index (χ4v) is 7.30. The molecule has 1 N–H and O–H groups in total. The van der Waals surface area contributed by atoms with Crippen LogP contribution in [0.3, 0.4) is 0 Å². The van der Waals surface area contributed by atoms with E-state index >= 15 is 0 Å². The predicted octanol–water partition coefficient (Wildman–Crippen LogP) is 9.28. The number of hydrogen-bond acceptors (Lipinski definition) is 3. The molecule has 9 aromatic rings. The molecule has 3 aromatic heterocycles. The Morgan fingerprint density at radius 3 is 2.11 bits per heavy atom. The van der Waals surface area contributed by atoms with E-state index in [1.54, 1.807) is 0 Å². The molecule has 1 aliphatic rings. The van der Waals surface area contributed by atoms with Crippen molar-refractivity contribution in [3.05, 3.63) is 168 Å². The van der Waals surface area contributed by atoms with Gasteiger partial charge in [0.2, 0.25) is 0 Å². The van der Waals surface area contributed by atoms with E-state index in [2.05, 4.69) is 142 Å². The van der Waals surface area contributed by atoms with Crippen LogP contribution >= 0.6 is 0 Å². The SMILES string of the molecule is c1ccc(C2=NC(c3cccc(-n4c5ccccc5c5c6ccn7c8ccccc8c(cc54)c67)c3)=NC(c3ccccc3)N2)cc1. The van der Waals surface area contributed by atoms with Crippen molar-refractivity contribution in [3.8, 4) is 5.69 Å². The van der Waals surface area contributed by atoms with E-state index in [1.165, 1.54) is 49.0 Å². The third kappa shape index (κ3) is 3.63. The van der Waals surface area contributed by atoms with Crippen LogP contribution < -0.4 is 5.32 Å². The lowest BCUT2D eigenvalue weighted by atomic mass is 10.0. The highest BCUT2D eigenvalue weighted by Crippen LogP contribution is 2.42. The average Bonchev–Trinajstić information content (AvgIpc) is 3.81. The number of amidine groups is 2. The summed E-state index contributed by atoms with van der Waals surface area (Å²) in [5.41, 5.74) is 9.07. The zero-order chi connectivity index (χ0) is 30.2. The van der Waals surface area contributed by atoms with E-state index in [0.29, 0.717) is 5.84 Å². The van der Waals surface area contributed by atoms with Crippen molar-refractivity contribution >= 4 is 60.7 Å². The molecule has 5 heteroatoms. The predicted molar refractivity (Wildman–Crippen MR) is 190 cm³/mol. The Labute approximate surface area is 264 Å². The standard InChI is InChI=1S/C41H27N5/c1-3-12-26(13-4-1)39-42-40(27-14-5-2-6-15-27)44-41(43-39)28-16-11-17-29(24-28)46-35-21-10-8-19-31(35)37-32-22-23-45-34-20-9-7-18-30(34)33(38(32)45)25-36(37)46/h1-25,39H,(H,42,43,44). The lowest BCUT2D eigenvalue weighted by Crippen LogP contribution is -2.33. The van der Waals surface area contributed by atoms with Crippen molar-refractivity contribution in [3.63, 3.8) is 0 Å². The van der Waals surface area contributed by atoms with Crippen molar-refractivity contribution in [2.24, 2.45) is 9.98 Å². The topological polar surface area (TPSA) is 46.1 Å². The van der Waals surface area contributed by atoms with Gasteiger partial charge in [0.15, 0.2) is 5.84 Å². The fourth-order valence-electron chi connectivity index (χ4n) is 7.30. The first-order chi connectivity index (χ1) is 22.8. The molecular formula is C41H27N5. The van der Waals surface area contributed by atoms with Crippen LogP contribution in [0.1, 0.15) is 22.9 Å². The lowest BCUT2D eigenvalue weighted by Gasteiger charge is -2.23. The second-order valence-electron chi connectivity index (χ2n) is 11.9. The summed E-state index contributed by atoms with van der Waals surface area (Å²) in [5.74, 6) is 1.52. The molecule has 46 heavy (non-hydrogen) atoms. The second-order valence-corrected chi connectivity index (χ2v) is 11.9. The lowest BCUT2D eigenvalue weighted by molar-refractivity contribution is 0.674. The number of nitrogens with zero attached hydrogens (tertiary/aromatic N) is 4. The first kappa shape index (κ1) is 25.2. The molecule has 6 aromatic carbocycles. The molecule has 0 aliphatic carbocycles. The Hall–Kier alpha value is -6.20. The number of rotatable bonds is 4. The van der Waals surface area contributed by atoms with Crippen LogP contribution in [0.2, 0.25) is 0 Å². The molecule has 0 saturated heterocycles. The Morgan fingerprint density at radius 1 is 0.543 bits per heavy atom. The monoisotopic (exact) mass is 589 g/mol. The van der Waals surface area contributed by atoms with E-state index in [0.717, 1.165) is 28.2 Å². The van der Waals surface area contributed by atoms with E-state index < -0.39 is 0 Å². The van der Waals surface area contributed by atoms with Gasteiger partial charge in [0.05, 0.1) is 22.1 Å². The minimum Gasteiger partial charge on any atom is -0.344 e. The maximum Gasteiger partial charge on any atom is 0.159 e. The van der Waals surface area contributed by atoms with E-state index in [1.807, 2.05) is 24.3 Å². The summed E-state index contributed by atoms with van der Waals surface area (Å²) < 4.78 is 4.74. The van der Waals surface area contributed by atoms with Crippen LogP contribution in [-0.4, -0.2) is 20.6 Å². The van der Waals surface area contributed by atoms with Gasteiger partial charge in [-0.2, -0.15) is 0 Å². The molecule has 4 heterocycles. The van der Waals surface area contributed by atoms with Crippen molar-refractivity contribution < 1.29 is 0 Å². The second kappa shape index (κ2) is 9.65. The van der Waals surface area contributed by atoms with Crippen LogP contribution in [0, 0.1) is 0 Å². The van der Waals surface area contributed by atoms with Gasteiger partial charge in [-0.15, -0.1) is 0 Å². The van der Waals surface area contributed by atoms with Gasteiger partial charge < -0.3 is 14.3 Å². The summed E-state index contributed by atoms with van der Waals surface area (Å²) in [6, 6.07) is 51.4.